The quantitative estimate of drug-likeness (QED) is 0.814. The molecule has 144 valence electrons. The van der Waals surface area contributed by atoms with Gasteiger partial charge in [-0.15, -0.1) is 0 Å². The van der Waals surface area contributed by atoms with E-state index in [1.165, 1.54) is 10.6 Å². The summed E-state index contributed by atoms with van der Waals surface area (Å²) in [5.74, 6) is 0.671. The molecule has 2 aliphatic rings. The first kappa shape index (κ1) is 19.0. The summed E-state index contributed by atoms with van der Waals surface area (Å²) < 4.78 is 24.9. The number of hydrogen-bond donors (Lipinski definition) is 1. The number of carbonyl (C=O) groups excluding carboxylic acids is 1. The molecule has 0 aromatic carbocycles. The second kappa shape index (κ2) is 7.11. The number of amides is 1. The molecule has 3 rings (SSSR count). The van der Waals surface area contributed by atoms with Gasteiger partial charge in [-0.2, -0.15) is 4.31 Å². The molecule has 8 nitrogen and oxygen atoms in total. The Morgan fingerprint density at radius 3 is 2.77 bits per heavy atom. The summed E-state index contributed by atoms with van der Waals surface area (Å²) >= 11 is 0. The normalized spacial score (nSPS) is 22.3. The van der Waals surface area contributed by atoms with Crippen molar-refractivity contribution >= 4 is 15.9 Å². The highest BCUT2D eigenvalue weighted by atomic mass is 32.2. The molecule has 0 spiro atoms. The van der Waals surface area contributed by atoms with Crippen LogP contribution in [0.3, 0.4) is 0 Å². The molecule has 0 aliphatic carbocycles. The van der Waals surface area contributed by atoms with E-state index < -0.39 is 10.0 Å². The number of aromatic amines is 1. The minimum Gasteiger partial charge on any atom is -0.342 e. The van der Waals surface area contributed by atoms with E-state index >= 15 is 0 Å². The van der Waals surface area contributed by atoms with E-state index in [1.54, 1.807) is 0 Å². The van der Waals surface area contributed by atoms with Gasteiger partial charge in [0.2, 0.25) is 15.9 Å². The molecule has 1 N–H and O–H groups in total. The van der Waals surface area contributed by atoms with Crippen LogP contribution in [0, 0.1) is 5.92 Å². The molecule has 1 amide bonds. The first-order chi connectivity index (χ1) is 12.2. The van der Waals surface area contributed by atoms with Gasteiger partial charge < -0.3 is 9.88 Å². The van der Waals surface area contributed by atoms with E-state index in [0.717, 1.165) is 12.8 Å². The molecule has 1 saturated heterocycles. The molecule has 0 radical (unpaired) electrons. The van der Waals surface area contributed by atoms with Gasteiger partial charge in [0.05, 0.1) is 18.5 Å². The maximum Gasteiger partial charge on any atom is 0.254 e. The average Bonchev–Trinajstić information content (AvgIpc) is 3.09. The number of H-pyrrole nitrogens is 1. The molecule has 2 atom stereocenters. The van der Waals surface area contributed by atoms with Crippen molar-refractivity contribution in [3.05, 3.63) is 27.4 Å². The van der Waals surface area contributed by atoms with Crippen molar-refractivity contribution in [2.75, 3.05) is 25.9 Å². The number of rotatable bonds is 4. The third-order valence-corrected chi connectivity index (χ3v) is 6.70. The van der Waals surface area contributed by atoms with Gasteiger partial charge in [0.1, 0.15) is 5.82 Å². The molecule has 0 bridgehead atoms. The van der Waals surface area contributed by atoms with E-state index in [9.17, 15) is 18.0 Å². The van der Waals surface area contributed by atoms with Crippen LogP contribution in [0.15, 0.2) is 4.79 Å². The van der Waals surface area contributed by atoms with Crippen molar-refractivity contribution in [2.45, 2.75) is 45.6 Å². The summed E-state index contributed by atoms with van der Waals surface area (Å²) in [7, 11) is -3.32. The Balaban J connectivity index is 1.82. The zero-order valence-corrected chi connectivity index (χ0v) is 16.3. The van der Waals surface area contributed by atoms with E-state index in [0.29, 0.717) is 43.1 Å². The lowest BCUT2D eigenvalue weighted by atomic mass is 10.1. The molecule has 0 saturated carbocycles. The van der Waals surface area contributed by atoms with Gasteiger partial charge in [-0.1, -0.05) is 13.8 Å². The molecular formula is C17H26N4O4S. The van der Waals surface area contributed by atoms with Gasteiger partial charge in [0, 0.05) is 37.0 Å². The third kappa shape index (κ3) is 3.68. The maximum absolute atomic E-state index is 12.4. The predicted molar refractivity (Wildman–Crippen MR) is 97.2 cm³/mol. The Morgan fingerprint density at radius 1 is 1.38 bits per heavy atom. The summed E-state index contributed by atoms with van der Waals surface area (Å²) in [5, 5.41) is 0. The highest BCUT2D eigenvalue weighted by Gasteiger charge is 2.32. The lowest BCUT2D eigenvalue weighted by Crippen LogP contribution is -2.39. The zero-order chi connectivity index (χ0) is 19.1. The molecule has 0 unspecified atom stereocenters. The van der Waals surface area contributed by atoms with Gasteiger partial charge in [-0.25, -0.2) is 13.4 Å². The van der Waals surface area contributed by atoms with E-state index in [4.69, 9.17) is 0 Å². The number of aromatic nitrogens is 2. The van der Waals surface area contributed by atoms with Crippen LogP contribution < -0.4 is 5.56 Å². The highest BCUT2D eigenvalue weighted by molar-refractivity contribution is 7.88. The topological polar surface area (TPSA) is 103 Å². The summed E-state index contributed by atoms with van der Waals surface area (Å²) in [6.07, 6.45) is 3.09. The first-order valence-corrected chi connectivity index (χ1v) is 10.9. The Hall–Kier alpha value is -1.74. The van der Waals surface area contributed by atoms with Crippen molar-refractivity contribution in [3.63, 3.8) is 0 Å². The van der Waals surface area contributed by atoms with Crippen LogP contribution in [-0.4, -0.2) is 59.4 Å². The lowest BCUT2D eigenvalue weighted by molar-refractivity contribution is -0.134. The number of fused-ring (bicyclic) bond motifs is 1. The predicted octanol–water partition coefficient (Wildman–Crippen LogP) is 0.450. The minimum absolute atomic E-state index is 0.00684. The van der Waals surface area contributed by atoms with Gasteiger partial charge in [0.25, 0.3) is 5.56 Å². The van der Waals surface area contributed by atoms with Crippen molar-refractivity contribution in [3.8, 4) is 0 Å². The van der Waals surface area contributed by atoms with E-state index in [-0.39, 0.29) is 29.8 Å². The Bertz CT molecular complexity index is 864. The maximum atomic E-state index is 12.4. The largest absolute Gasteiger partial charge is 0.342 e. The van der Waals surface area contributed by atoms with E-state index in [2.05, 4.69) is 9.97 Å². The second-order valence-corrected chi connectivity index (χ2v) is 9.28. The number of likely N-dealkylation sites (tertiary alicyclic amines) is 1. The summed E-state index contributed by atoms with van der Waals surface area (Å²) in [5.41, 5.74) is 0.913. The van der Waals surface area contributed by atoms with Crippen molar-refractivity contribution < 1.29 is 13.2 Å². The van der Waals surface area contributed by atoms with Gasteiger partial charge in [0.15, 0.2) is 0 Å². The Labute approximate surface area is 153 Å². The van der Waals surface area contributed by atoms with Crippen LogP contribution in [0.25, 0.3) is 0 Å². The van der Waals surface area contributed by atoms with Crippen molar-refractivity contribution in [2.24, 2.45) is 5.92 Å². The lowest BCUT2D eigenvalue weighted by Gasteiger charge is -2.26. The van der Waals surface area contributed by atoms with Crippen molar-refractivity contribution in [1.82, 2.24) is 19.2 Å². The molecule has 2 aliphatic heterocycles. The minimum atomic E-state index is -3.32. The number of carbonyl (C=O) groups is 1. The summed E-state index contributed by atoms with van der Waals surface area (Å²) in [6.45, 7) is 5.55. The molecular weight excluding hydrogens is 356 g/mol. The van der Waals surface area contributed by atoms with Crippen LogP contribution in [0.5, 0.6) is 0 Å². The fourth-order valence-corrected chi connectivity index (χ4v) is 4.36. The zero-order valence-electron chi connectivity index (χ0n) is 15.5. The Kier molecular flexibility index (Phi) is 5.21. The monoisotopic (exact) mass is 382 g/mol. The molecule has 1 aromatic rings. The SMILES string of the molecule is CC[C@@H](C)C(=O)N1CC[C@H](c2nc3c(c(=O)[nH]2)CCN(S(C)(=O)=O)C3)C1. The third-order valence-electron chi connectivity index (χ3n) is 5.45. The van der Waals surface area contributed by atoms with E-state index in [1.807, 2.05) is 18.7 Å². The first-order valence-electron chi connectivity index (χ1n) is 9.06. The smallest absolute Gasteiger partial charge is 0.254 e. The summed E-state index contributed by atoms with van der Waals surface area (Å²) in [6, 6.07) is 0. The number of hydrogen-bond acceptors (Lipinski definition) is 5. The van der Waals surface area contributed by atoms with Crippen LogP contribution >= 0.6 is 0 Å². The molecule has 1 aromatic heterocycles. The van der Waals surface area contributed by atoms with Gasteiger partial charge in [-0.3, -0.25) is 9.59 Å². The van der Waals surface area contributed by atoms with Gasteiger partial charge >= 0.3 is 0 Å². The van der Waals surface area contributed by atoms with Crippen molar-refractivity contribution in [1.29, 1.82) is 0 Å². The molecule has 9 heteroatoms. The van der Waals surface area contributed by atoms with Crippen LogP contribution in [0.2, 0.25) is 0 Å². The number of nitrogens with zero attached hydrogens (tertiary/aromatic N) is 3. The van der Waals surface area contributed by atoms with Crippen LogP contribution in [0.4, 0.5) is 0 Å². The molecule has 3 heterocycles. The number of nitrogens with one attached hydrogen (secondary N) is 1. The summed E-state index contributed by atoms with van der Waals surface area (Å²) in [4.78, 5) is 34.1. The fraction of sp³-hybridized carbons (Fsp3) is 0.706. The average molecular weight is 382 g/mol. The molecule has 26 heavy (non-hydrogen) atoms. The van der Waals surface area contributed by atoms with Gasteiger partial charge in [-0.05, 0) is 19.3 Å². The Morgan fingerprint density at radius 2 is 2.12 bits per heavy atom. The van der Waals surface area contributed by atoms with Crippen LogP contribution in [0.1, 0.15) is 49.7 Å². The fourth-order valence-electron chi connectivity index (χ4n) is 3.58. The second-order valence-electron chi connectivity index (χ2n) is 7.30. The highest BCUT2D eigenvalue weighted by Crippen LogP contribution is 2.27. The standard InChI is InChI=1S/C17H26N4O4S/c1-4-11(2)17(23)20-7-5-12(9-20)15-18-14-10-21(26(3,24)25)8-6-13(14)16(22)19-15/h11-12H,4-10H2,1-3H3,(H,18,19,22)/t11-,12+/m1/s1. The number of sulfonamides is 1. The van der Waals surface area contributed by atoms with Crippen LogP contribution in [-0.2, 0) is 27.8 Å². The molecule has 1 fully saturated rings.